The van der Waals surface area contributed by atoms with Crippen molar-refractivity contribution in [1.29, 1.82) is 0 Å². The van der Waals surface area contributed by atoms with Gasteiger partial charge in [-0.1, -0.05) is 6.07 Å². The molecule has 0 saturated heterocycles. The Morgan fingerprint density at radius 2 is 1.68 bits per heavy atom. The number of rotatable bonds is 6. The number of nitrogens with one attached hydrogen (secondary N) is 2. The maximum atomic E-state index is 4.37. The van der Waals surface area contributed by atoms with Crippen LogP contribution in [0.3, 0.4) is 0 Å². The van der Waals surface area contributed by atoms with Crippen LogP contribution in [0, 0.1) is 0 Å². The number of aromatic nitrogens is 5. The molecule has 0 radical (unpaired) electrons. The van der Waals surface area contributed by atoms with Gasteiger partial charge in [0, 0.05) is 37.9 Å². The highest BCUT2D eigenvalue weighted by Crippen LogP contribution is 2.07. The molecule has 2 N–H and O–H groups in total. The van der Waals surface area contributed by atoms with Crippen LogP contribution in [0.1, 0.15) is 11.1 Å². The highest BCUT2D eigenvalue weighted by atomic mass is 15.3. The van der Waals surface area contributed by atoms with Crippen molar-refractivity contribution < 1.29 is 0 Å². The van der Waals surface area contributed by atoms with Crippen molar-refractivity contribution in [2.24, 2.45) is 0 Å². The Morgan fingerprint density at radius 1 is 0.818 bits per heavy atom. The molecule has 0 aromatic carbocycles. The lowest BCUT2D eigenvalue weighted by Gasteiger charge is -2.07. The SMILES string of the molecule is c1cncc(CNc2nncc(NCc3ccncc3)n2)c1. The summed E-state index contributed by atoms with van der Waals surface area (Å²) < 4.78 is 0. The molecule has 110 valence electrons. The number of hydrogen-bond donors (Lipinski definition) is 2. The first kappa shape index (κ1) is 13.9. The molecular formula is C15H15N7. The zero-order chi connectivity index (χ0) is 15.0. The van der Waals surface area contributed by atoms with E-state index >= 15 is 0 Å². The van der Waals surface area contributed by atoms with Gasteiger partial charge in [0.1, 0.15) is 0 Å². The first-order chi connectivity index (χ1) is 10.9. The third-order valence-electron chi connectivity index (χ3n) is 2.96. The van der Waals surface area contributed by atoms with Crippen molar-refractivity contribution in [3.63, 3.8) is 0 Å². The number of nitrogens with zero attached hydrogens (tertiary/aromatic N) is 5. The summed E-state index contributed by atoms with van der Waals surface area (Å²) in [6.45, 7) is 1.26. The summed E-state index contributed by atoms with van der Waals surface area (Å²) >= 11 is 0. The second-order valence-electron chi connectivity index (χ2n) is 4.59. The van der Waals surface area contributed by atoms with Gasteiger partial charge in [-0.15, -0.1) is 5.10 Å². The van der Waals surface area contributed by atoms with Crippen LogP contribution in [0.2, 0.25) is 0 Å². The predicted molar refractivity (Wildman–Crippen MR) is 83.0 cm³/mol. The lowest BCUT2D eigenvalue weighted by Crippen LogP contribution is -2.08. The summed E-state index contributed by atoms with van der Waals surface area (Å²) in [5.74, 6) is 1.14. The fourth-order valence-electron chi connectivity index (χ4n) is 1.84. The molecule has 3 heterocycles. The molecule has 0 spiro atoms. The van der Waals surface area contributed by atoms with Crippen LogP contribution in [0.4, 0.5) is 11.8 Å². The Kier molecular flexibility index (Phi) is 4.46. The van der Waals surface area contributed by atoms with Gasteiger partial charge in [-0.3, -0.25) is 9.97 Å². The molecule has 0 aliphatic rings. The van der Waals surface area contributed by atoms with E-state index in [1.165, 1.54) is 0 Å². The zero-order valence-corrected chi connectivity index (χ0v) is 11.8. The van der Waals surface area contributed by atoms with Gasteiger partial charge in [0.15, 0.2) is 5.82 Å². The monoisotopic (exact) mass is 293 g/mol. The van der Waals surface area contributed by atoms with Gasteiger partial charge in [-0.2, -0.15) is 10.1 Å². The summed E-state index contributed by atoms with van der Waals surface area (Å²) in [6.07, 6.45) is 8.65. The van der Waals surface area contributed by atoms with Crippen LogP contribution in [0.5, 0.6) is 0 Å². The smallest absolute Gasteiger partial charge is 0.244 e. The molecule has 7 nitrogen and oxygen atoms in total. The maximum absolute atomic E-state index is 4.37. The van der Waals surface area contributed by atoms with Gasteiger partial charge >= 0.3 is 0 Å². The van der Waals surface area contributed by atoms with Gasteiger partial charge in [-0.05, 0) is 29.3 Å². The van der Waals surface area contributed by atoms with Crippen LogP contribution < -0.4 is 10.6 Å². The quantitative estimate of drug-likeness (QED) is 0.717. The normalized spacial score (nSPS) is 10.2. The third kappa shape index (κ3) is 3.95. The van der Waals surface area contributed by atoms with Gasteiger partial charge in [0.25, 0.3) is 0 Å². The van der Waals surface area contributed by atoms with E-state index in [0.717, 1.165) is 11.1 Å². The zero-order valence-electron chi connectivity index (χ0n) is 11.8. The Morgan fingerprint density at radius 3 is 2.50 bits per heavy atom. The summed E-state index contributed by atoms with van der Waals surface area (Å²) in [5.41, 5.74) is 2.18. The molecule has 7 heteroatoms. The van der Waals surface area contributed by atoms with Crippen LogP contribution >= 0.6 is 0 Å². The lowest BCUT2D eigenvalue weighted by molar-refractivity contribution is 0.935. The van der Waals surface area contributed by atoms with Crippen molar-refractivity contribution in [2.75, 3.05) is 10.6 Å². The minimum Gasteiger partial charge on any atom is -0.365 e. The molecule has 0 fully saturated rings. The fourth-order valence-corrected chi connectivity index (χ4v) is 1.84. The van der Waals surface area contributed by atoms with Gasteiger partial charge in [0.2, 0.25) is 5.95 Å². The van der Waals surface area contributed by atoms with Crippen LogP contribution in [0.25, 0.3) is 0 Å². The van der Waals surface area contributed by atoms with E-state index in [1.54, 1.807) is 31.0 Å². The van der Waals surface area contributed by atoms with Gasteiger partial charge in [0.05, 0.1) is 6.20 Å². The Bertz CT molecular complexity index is 645. The molecule has 0 aliphatic carbocycles. The molecule has 3 aromatic rings. The summed E-state index contributed by atoms with van der Waals surface area (Å²) in [7, 11) is 0. The first-order valence-electron chi connectivity index (χ1n) is 6.85. The van der Waals surface area contributed by atoms with E-state index in [9.17, 15) is 0 Å². The average molecular weight is 293 g/mol. The molecule has 3 aromatic heterocycles. The van der Waals surface area contributed by atoms with Crippen molar-refractivity contribution in [2.45, 2.75) is 13.1 Å². The van der Waals surface area contributed by atoms with E-state index in [1.807, 2.05) is 24.3 Å². The molecule has 0 aliphatic heterocycles. The second-order valence-corrected chi connectivity index (χ2v) is 4.59. The summed E-state index contributed by atoms with van der Waals surface area (Å²) in [6, 6.07) is 7.77. The molecule has 0 unspecified atom stereocenters. The molecular weight excluding hydrogens is 278 g/mol. The Labute approximate surface area is 127 Å². The maximum Gasteiger partial charge on any atom is 0.244 e. The van der Waals surface area contributed by atoms with Gasteiger partial charge in [-0.25, -0.2) is 0 Å². The summed E-state index contributed by atoms with van der Waals surface area (Å²) in [4.78, 5) is 12.4. The second kappa shape index (κ2) is 7.07. The molecule has 0 bridgehead atoms. The number of pyridine rings is 2. The Balaban J connectivity index is 1.58. The Hall–Kier alpha value is -3.09. The van der Waals surface area contributed by atoms with Crippen molar-refractivity contribution in [1.82, 2.24) is 25.1 Å². The molecule has 0 atom stereocenters. The number of anilines is 2. The standard InChI is InChI=1S/C15H15N7/c1-2-13(8-17-5-1)10-19-15-21-14(11-20-22-15)18-9-12-3-6-16-7-4-12/h1-8,11H,9-10H2,(H2,18,19,21,22). The van der Waals surface area contributed by atoms with E-state index in [4.69, 9.17) is 0 Å². The lowest BCUT2D eigenvalue weighted by atomic mass is 10.3. The van der Waals surface area contributed by atoms with E-state index in [2.05, 4.69) is 35.8 Å². The van der Waals surface area contributed by atoms with Gasteiger partial charge < -0.3 is 10.6 Å². The molecule has 3 rings (SSSR count). The minimum atomic E-state index is 0.476. The molecule has 22 heavy (non-hydrogen) atoms. The highest BCUT2D eigenvalue weighted by Gasteiger charge is 2.01. The average Bonchev–Trinajstić information content (AvgIpc) is 2.60. The van der Waals surface area contributed by atoms with Crippen molar-refractivity contribution >= 4 is 11.8 Å². The topological polar surface area (TPSA) is 88.5 Å². The van der Waals surface area contributed by atoms with Crippen molar-refractivity contribution in [3.8, 4) is 0 Å². The van der Waals surface area contributed by atoms with Crippen LogP contribution in [0.15, 0.2) is 55.2 Å². The fraction of sp³-hybridized carbons (Fsp3) is 0.133. The van der Waals surface area contributed by atoms with E-state index in [-0.39, 0.29) is 0 Å². The third-order valence-corrected chi connectivity index (χ3v) is 2.96. The number of hydrogen-bond acceptors (Lipinski definition) is 7. The summed E-state index contributed by atoms with van der Waals surface area (Å²) in [5, 5.41) is 14.2. The van der Waals surface area contributed by atoms with Crippen molar-refractivity contribution in [3.05, 3.63) is 66.4 Å². The minimum absolute atomic E-state index is 0.476. The molecule has 0 amide bonds. The first-order valence-corrected chi connectivity index (χ1v) is 6.85. The van der Waals surface area contributed by atoms with E-state index in [0.29, 0.717) is 24.9 Å². The molecule has 0 saturated carbocycles. The predicted octanol–water partition coefficient (Wildman–Crippen LogP) is 1.89. The highest BCUT2D eigenvalue weighted by molar-refractivity contribution is 5.38. The largest absolute Gasteiger partial charge is 0.365 e. The van der Waals surface area contributed by atoms with E-state index < -0.39 is 0 Å². The van der Waals surface area contributed by atoms with Crippen LogP contribution in [-0.4, -0.2) is 25.1 Å². The van der Waals surface area contributed by atoms with Crippen LogP contribution in [-0.2, 0) is 13.1 Å².